The molecule has 0 aliphatic carbocycles. The minimum absolute atomic E-state index is 0.217. The molecular formula is C25H25FN12O. The predicted octanol–water partition coefficient (Wildman–Crippen LogP) is 2.23. The van der Waals surface area contributed by atoms with Gasteiger partial charge in [-0.2, -0.15) is 14.6 Å². The van der Waals surface area contributed by atoms with Crippen molar-refractivity contribution < 1.29 is 8.81 Å². The predicted molar refractivity (Wildman–Crippen MR) is 142 cm³/mol. The Kier molecular flexibility index (Phi) is 5.36. The average molecular weight is 529 g/mol. The van der Waals surface area contributed by atoms with Crippen molar-refractivity contribution in [2.24, 2.45) is 0 Å². The quantitative estimate of drug-likeness (QED) is 0.351. The molecule has 0 radical (unpaired) electrons. The van der Waals surface area contributed by atoms with Crippen LogP contribution in [-0.2, 0) is 6.54 Å². The Morgan fingerprint density at radius 1 is 0.974 bits per heavy atom. The minimum Gasteiger partial charge on any atom is -0.441 e. The van der Waals surface area contributed by atoms with Gasteiger partial charge in [-0.05, 0) is 13.0 Å². The Labute approximate surface area is 221 Å². The molecule has 13 nitrogen and oxygen atoms in total. The average Bonchev–Trinajstić information content (AvgIpc) is 3.64. The molecule has 0 saturated carbocycles. The highest BCUT2D eigenvalue weighted by Gasteiger charge is 2.22. The topological polar surface area (TPSA) is 145 Å². The Balaban J connectivity index is 1.07. The van der Waals surface area contributed by atoms with Crippen molar-refractivity contribution in [2.45, 2.75) is 20.4 Å². The summed E-state index contributed by atoms with van der Waals surface area (Å²) in [5.41, 5.74) is 10.5. The van der Waals surface area contributed by atoms with Crippen LogP contribution < -0.4 is 10.6 Å². The lowest BCUT2D eigenvalue weighted by Gasteiger charge is -2.36. The fraction of sp³-hybridized carbons (Fsp3) is 0.320. The highest BCUT2D eigenvalue weighted by atomic mass is 19.1. The van der Waals surface area contributed by atoms with Gasteiger partial charge in [-0.1, -0.05) is 0 Å². The van der Waals surface area contributed by atoms with E-state index >= 15 is 0 Å². The summed E-state index contributed by atoms with van der Waals surface area (Å²) >= 11 is 0. The van der Waals surface area contributed by atoms with Crippen LogP contribution >= 0.6 is 0 Å². The van der Waals surface area contributed by atoms with Crippen LogP contribution in [0, 0.1) is 19.7 Å². The zero-order valence-electron chi connectivity index (χ0n) is 21.4. The standard InChI is InChI=1S/C25H25FN12O/c1-14-21(29-4-3-28-14)22-32-24-16-13-30-37(23(16)33-25(27)38(24)34-22)10-7-35-5-8-36(9-6-35)19-12-18-20(11-17(19)26)39-15(2)31-18/h3-4,11-13H,5-10H2,1-2H3,(H2,27,33). The van der Waals surface area contributed by atoms with Crippen LogP contribution in [0.3, 0.4) is 0 Å². The first-order valence-electron chi connectivity index (χ1n) is 12.6. The highest BCUT2D eigenvalue weighted by Crippen LogP contribution is 2.28. The molecule has 5 aromatic heterocycles. The number of aryl methyl sites for hydroxylation is 2. The number of piperazine rings is 1. The fourth-order valence-electron chi connectivity index (χ4n) is 5.09. The third kappa shape index (κ3) is 4.00. The first-order valence-corrected chi connectivity index (χ1v) is 12.6. The minimum atomic E-state index is -0.295. The molecule has 0 amide bonds. The number of hydrogen-bond donors (Lipinski definition) is 1. The van der Waals surface area contributed by atoms with Gasteiger partial charge in [-0.25, -0.2) is 24.0 Å². The second-order valence-corrected chi connectivity index (χ2v) is 9.57. The zero-order valence-corrected chi connectivity index (χ0v) is 21.4. The van der Waals surface area contributed by atoms with Crippen LogP contribution in [0.1, 0.15) is 11.6 Å². The van der Waals surface area contributed by atoms with Gasteiger partial charge in [0, 0.05) is 58.1 Å². The molecule has 6 aromatic rings. The van der Waals surface area contributed by atoms with Gasteiger partial charge in [0.1, 0.15) is 17.0 Å². The van der Waals surface area contributed by atoms with Crippen molar-refractivity contribution in [2.75, 3.05) is 43.4 Å². The van der Waals surface area contributed by atoms with E-state index in [1.807, 2.05) is 11.6 Å². The molecule has 7 rings (SSSR count). The summed E-state index contributed by atoms with van der Waals surface area (Å²) in [7, 11) is 0. The molecule has 1 saturated heterocycles. The molecule has 198 valence electrons. The van der Waals surface area contributed by atoms with Gasteiger partial charge in [-0.15, -0.1) is 5.10 Å². The lowest BCUT2D eigenvalue weighted by Crippen LogP contribution is -2.47. The Morgan fingerprint density at radius 3 is 2.62 bits per heavy atom. The monoisotopic (exact) mass is 528 g/mol. The van der Waals surface area contributed by atoms with Crippen molar-refractivity contribution in [1.82, 2.24) is 49.2 Å². The number of halogens is 1. The number of oxazole rings is 1. The Morgan fingerprint density at radius 2 is 1.79 bits per heavy atom. The van der Waals surface area contributed by atoms with Crippen LogP contribution in [0.5, 0.6) is 0 Å². The lowest BCUT2D eigenvalue weighted by atomic mass is 10.2. The lowest BCUT2D eigenvalue weighted by molar-refractivity contribution is 0.245. The van der Waals surface area contributed by atoms with Gasteiger partial charge in [0.2, 0.25) is 11.8 Å². The third-order valence-electron chi connectivity index (χ3n) is 7.10. The summed E-state index contributed by atoms with van der Waals surface area (Å²) in [4.78, 5) is 26.6. The molecule has 0 unspecified atom stereocenters. The molecule has 1 aromatic carbocycles. The van der Waals surface area contributed by atoms with E-state index in [0.29, 0.717) is 65.1 Å². The van der Waals surface area contributed by atoms with E-state index < -0.39 is 0 Å². The third-order valence-corrected chi connectivity index (χ3v) is 7.10. The summed E-state index contributed by atoms with van der Waals surface area (Å²) in [6, 6.07) is 3.19. The van der Waals surface area contributed by atoms with E-state index in [-0.39, 0.29) is 11.8 Å². The molecule has 1 aliphatic heterocycles. The highest BCUT2D eigenvalue weighted by molar-refractivity contribution is 5.90. The van der Waals surface area contributed by atoms with Gasteiger partial charge in [0.05, 0.1) is 29.5 Å². The normalized spacial score (nSPS) is 14.8. The largest absolute Gasteiger partial charge is 0.441 e. The number of aromatic nitrogens is 9. The van der Waals surface area contributed by atoms with Gasteiger partial charge < -0.3 is 15.1 Å². The summed E-state index contributed by atoms with van der Waals surface area (Å²) < 4.78 is 23.6. The number of hydrogen-bond acceptors (Lipinski definition) is 11. The molecule has 1 fully saturated rings. The number of nitrogens with zero attached hydrogens (tertiary/aromatic N) is 11. The number of rotatable bonds is 5. The Hall–Kier alpha value is -4.72. The van der Waals surface area contributed by atoms with E-state index in [9.17, 15) is 4.39 Å². The van der Waals surface area contributed by atoms with E-state index in [1.54, 1.807) is 31.6 Å². The SMILES string of the molecule is Cc1nc2cc(N3CCN(CCn4ncc5c4nc(N)n4nc(-c6nccnc6C)nc54)CC3)c(F)cc2o1. The molecule has 39 heavy (non-hydrogen) atoms. The maximum absolute atomic E-state index is 14.8. The number of benzene rings is 1. The molecular weight excluding hydrogens is 503 g/mol. The molecule has 2 N–H and O–H groups in total. The van der Waals surface area contributed by atoms with E-state index in [1.165, 1.54) is 10.6 Å². The summed E-state index contributed by atoms with van der Waals surface area (Å²) in [6.07, 6.45) is 4.97. The molecule has 1 aliphatic rings. The van der Waals surface area contributed by atoms with Gasteiger partial charge in [-0.3, -0.25) is 9.88 Å². The molecule has 0 bridgehead atoms. The number of fused-ring (bicyclic) bond motifs is 4. The van der Waals surface area contributed by atoms with Gasteiger partial charge in [0.15, 0.2) is 22.8 Å². The first-order chi connectivity index (χ1) is 18.9. The Bertz CT molecular complexity index is 1850. The van der Waals surface area contributed by atoms with Crippen LogP contribution in [0.15, 0.2) is 35.1 Å². The second kappa shape index (κ2) is 8.94. The van der Waals surface area contributed by atoms with E-state index in [4.69, 9.17) is 10.2 Å². The van der Waals surface area contributed by atoms with Crippen molar-refractivity contribution in [3.63, 3.8) is 0 Å². The van der Waals surface area contributed by atoms with Crippen molar-refractivity contribution >= 4 is 39.4 Å². The fourth-order valence-corrected chi connectivity index (χ4v) is 5.09. The summed E-state index contributed by atoms with van der Waals surface area (Å²) in [5, 5.41) is 9.82. The van der Waals surface area contributed by atoms with Crippen LogP contribution in [0.25, 0.3) is 39.3 Å². The van der Waals surface area contributed by atoms with Crippen LogP contribution in [0.2, 0.25) is 0 Å². The molecule has 6 heterocycles. The molecule has 0 atom stereocenters. The van der Waals surface area contributed by atoms with Crippen molar-refractivity contribution in [1.29, 1.82) is 0 Å². The van der Waals surface area contributed by atoms with E-state index in [0.717, 1.165) is 30.7 Å². The van der Waals surface area contributed by atoms with Crippen molar-refractivity contribution in [3.8, 4) is 11.5 Å². The van der Waals surface area contributed by atoms with E-state index in [2.05, 4.69) is 44.9 Å². The molecule has 0 spiro atoms. The van der Waals surface area contributed by atoms with Gasteiger partial charge in [0.25, 0.3) is 0 Å². The summed E-state index contributed by atoms with van der Waals surface area (Å²) in [6.45, 7) is 7.99. The number of nitrogens with two attached hydrogens (primary N) is 1. The molecule has 14 heteroatoms. The van der Waals surface area contributed by atoms with Crippen molar-refractivity contribution in [3.05, 3.63) is 48.1 Å². The number of anilines is 2. The van der Waals surface area contributed by atoms with Crippen LogP contribution in [0.4, 0.5) is 16.0 Å². The smallest absolute Gasteiger partial charge is 0.225 e. The maximum atomic E-state index is 14.8. The first kappa shape index (κ1) is 23.4. The van der Waals surface area contributed by atoms with Gasteiger partial charge >= 0.3 is 0 Å². The van der Waals surface area contributed by atoms with Crippen LogP contribution in [-0.4, -0.2) is 81.9 Å². The maximum Gasteiger partial charge on any atom is 0.225 e. The zero-order chi connectivity index (χ0) is 26.7. The number of nitrogen functional groups attached to an aromatic ring is 1. The second-order valence-electron chi connectivity index (χ2n) is 9.57. The summed E-state index contributed by atoms with van der Waals surface area (Å²) in [5.74, 6) is 0.881.